The molecule has 0 aliphatic heterocycles. The second kappa shape index (κ2) is 8.23. The van der Waals surface area contributed by atoms with Crippen LogP contribution >= 0.6 is 0 Å². The van der Waals surface area contributed by atoms with E-state index < -0.39 is 23.7 Å². The molecule has 0 aromatic rings. The molecular formula is C11H21N5O4. The lowest BCUT2D eigenvalue weighted by molar-refractivity contribution is -0.138. The predicted octanol–water partition coefficient (Wildman–Crippen LogP) is 2.03. The first-order chi connectivity index (χ1) is 9.17. The lowest BCUT2D eigenvalue weighted by Crippen LogP contribution is -2.42. The third-order valence-electron chi connectivity index (χ3n) is 2.23. The van der Waals surface area contributed by atoms with Crippen molar-refractivity contribution >= 4 is 12.1 Å². The molecule has 0 heterocycles. The van der Waals surface area contributed by atoms with Gasteiger partial charge in [-0.2, -0.15) is 0 Å². The molecule has 0 aromatic heterocycles. The molecule has 1 unspecified atom stereocenters. The van der Waals surface area contributed by atoms with Crippen molar-refractivity contribution in [2.24, 2.45) is 11.0 Å². The molecule has 20 heavy (non-hydrogen) atoms. The van der Waals surface area contributed by atoms with E-state index in [4.69, 9.17) is 21.2 Å². The van der Waals surface area contributed by atoms with E-state index in [2.05, 4.69) is 10.0 Å². The fraction of sp³-hybridized carbons (Fsp3) is 0.818. The maximum atomic E-state index is 11.5. The van der Waals surface area contributed by atoms with Gasteiger partial charge in [0, 0.05) is 11.5 Å². The Bertz CT molecular complexity index is 385. The third kappa shape index (κ3) is 8.17. The highest BCUT2D eigenvalue weighted by Crippen LogP contribution is 2.10. The normalized spacial score (nSPS) is 12.2. The number of hydrazine groups is 1. The van der Waals surface area contributed by atoms with Gasteiger partial charge in [0.1, 0.15) is 11.6 Å². The van der Waals surface area contributed by atoms with Gasteiger partial charge < -0.3 is 9.84 Å². The third-order valence-corrected chi connectivity index (χ3v) is 2.23. The number of unbranched alkanes of at least 4 members (excludes halogenated alkanes) is 1. The summed E-state index contributed by atoms with van der Waals surface area (Å²) in [4.78, 5) is 24.7. The van der Waals surface area contributed by atoms with E-state index in [1.54, 1.807) is 20.8 Å². The molecule has 0 aliphatic rings. The smallest absolute Gasteiger partial charge is 0.424 e. The van der Waals surface area contributed by atoms with Crippen LogP contribution in [0.4, 0.5) is 4.79 Å². The molecule has 1 atom stereocenters. The van der Waals surface area contributed by atoms with Crippen LogP contribution < -0.4 is 5.84 Å². The van der Waals surface area contributed by atoms with Crippen LogP contribution in [-0.2, 0) is 9.53 Å². The Labute approximate surface area is 117 Å². The fourth-order valence-electron chi connectivity index (χ4n) is 1.32. The molecular weight excluding hydrogens is 266 g/mol. The number of aliphatic carboxylic acids is 1. The van der Waals surface area contributed by atoms with Crippen LogP contribution in [0, 0.1) is 0 Å². The zero-order valence-electron chi connectivity index (χ0n) is 11.9. The zero-order valence-corrected chi connectivity index (χ0v) is 11.9. The van der Waals surface area contributed by atoms with Gasteiger partial charge in [0.2, 0.25) is 0 Å². The Morgan fingerprint density at radius 3 is 2.50 bits per heavy atom. The number of carbonyl (C=O) groups excluding carboxylic acids is 1. The fourth-order valence-corrected chi connectivity index (χ4v) is 1.32. The standard InChI is InChI=1S/C11H21N5O4/c1-11(2,3)20-10(19)16(13)7-5-4-6-8(9(17)18)14-15-12/h8H,4-7,13H2,1-3H3,(H,17,18). The highest BCUT2D eigenvalue weighted by molar-refractivity contribution is 5.73. The first-order valence-electron chi connectivity index (χ1n) is 6.19. The second-order valence-corrected chi connectivity index (χ2v) is 5.23. The number of hydrogen-bond acceptors (Lipinski definition) is 5. The van der Waals surface area contributed by atoms with Crippen molar-refractivity contribution in [3.05, 3.63) is 10.4 Å². The molecule has 0 bridgehead atoms. The Balaban J connectivity index is 4.03. The number of nitrogens with zero attached hydrogens (tertiary/aromatic N) is 4. The first kappa shape index (κ1) is 18.0. The molecule has 3 N–H and O–H groups in total. The minimum atomic E-state index is -1.17. The Kier molecular flexibility index (Phi) is 7.42. The molecule has 0 saturated carbocycles. The van der Waals surface area contributed by atoms with Gasteiger partial charge in [-0.25, -0.2) is 15.6 Å². The number of hydrogen-bond donors (Lipinski definition) is 2. The molecule has 9 heteroatoms. The highest BCUT2D eigenvalue weighted by atomic mass is 16.6. The van der Waals surface area contributed by atoms with E-state index in [1.165, 1.54) is 0 Å². The summed E-state index contributed by atoms with van der Waals surface area (Å²) in [5.74, 6) is 4.35. The van der Waals surface area contributed by atoms with Crippen LogP contribution in [0.3, 0.4) is 0 Å². The molecule has 0 aromatic carbocycles. The Hall–Kier alpha value is -1.99. The summed E-state index contributed by atoms with van der Waals surface area (Å²) in [6, 6.07) is -1.09. The summed E-state index contributed by atoms with van der Waals surface area (Å²) >= 11 is 0. The van der Waals surface area contributed by atoms with E-state index >= 15 is 0 Å². The molecule has 0 rings (SSSR count). The summed E-state index contributed by atoms with van der Waals surface area (Å²) in [7, 11) is 0. The van der Waals surface area contributed by atoms with E-state index in [1.807, 2.05) is 0 Å². The molecule has 114 valence electrons. The van der Waals surface area contributed by atoms with E-state index in [-0.39, 0.29) is 13.0 Å². The average Bonchev–Trinajstić information content (AvgIpc) is 2.30. The number of nitrogens with two attached hydrogens (primary N) is 1. The SMILES string of the molecule is CC(C)(C)OC(=O)N(N)CCCCC(N=[N+]=[N-])C(=O)O. The zero-order chi connectivity index (χ0) is 15.8. The summed E-state index contributed by atoms with van der Waals surface area (Å²) < 4.78 is 5.06. The van der Waals surface area contributed by atoms with Crippen LogP contribution in [-0.4, -0.2) is 40.4 Å². The molecule has 0 radical (unpaired) electrons. The van der Waals surface area contributed by atoms with E-state index in [0.29, 0.717) is 12.8 Å². The summed E-state index contributed by atoms with van der Waals surface area (Å²) in [5.41, 5.74) is 7.60. The number of amides is 1. The van der Waals surface area contributed by atoms with Crippen molar-refractivity contribution in [2.75, 3.05) is 6.54 Å². The van der Waals surface area contributed by atoms with Crippen molar-refractivity contribution in [2.45, 2.75) is 51.7 Å². The summed E-state index contributed by atoms with van der Waals surface area (Å²) in [5, 5.41) is 12.9. The van der Waals surface area contributed by atoms with Crippen molar-refractivity contribution in [1.29, 1.82) is 0 Å². The van der Waals surface area contributed by atoms with Gasteiger partial charge in [0.05, 0.1) is 0 Å². The van der Waals surface area contributed by atoms with Gasteiger partial charge in [-0.15, -0.1) is 0 Å². The Morgan fingerprint density at radius 1 is 1.45 bits per heavy atom. The number of ether oxygens (including phenoxy) is 1. The quantitative estimate of drug-likeness (QED) is 0.140. The monoisotopic (exact) mass is 287 g/mol. The van der Waals surface area contributed by atoms with E-state index in [0.717, 1.165) is 5.01 Å². The number of carbonyl (C=O) groups is 2. The lowest BCUT2D eigenvalue weighted by atomic mass is 10.1. The minimum absolute atomic E-state index is 0.196. The van der Waals surface area contributed by atoms with Gasteiger partial charge in [-0.3, -0.25) is 4.79 Å². The van der Waals surface area contributed by atoms with Crippen molar-refractivity contribution in [3.8, 4) is 0 Å². The molecule has 9 nitrogen and oxygen atoms in total. The van der Waals surface area contributed by atoms with Crippen LogP contribution in [0.15, 0.2) is 5.11 Å². The van der Waals surface area contributed by atoms with Crippen molar-refractivity contribution in [1.82, 2.24) is 5.01 Å². The van der Waals surface area contributed by atoms with Gasteiger partial charge in [0.15, 0.2) is 0 Å². The van der Waals surface area contributed by atoms with Crippen molar-refractivity contribution in [3.63, 3.8) is 0 Å². The number of carboxylic acids is 1. The highest BCUT2D eigenvalue weighted by Gasteiger charge is 2.20. The molecule has 0 saturated heterocycles. The van der Waals surface area contributed by atoms with Crippen LogP contribution in [0.5, 0.6) is 0 Å². The van der Waals surface area contributed by atoms with Crippen LogP contribution in [0.1, 0.15) is 40.0 Å². The maximum absolute atomic E-state index is 11.5. The van der Waals surface area contributed by atoms with Gasteiger partial charge in [-0.1, -0.05) is 11.5 Å². The topological polar surface area (TPSA) is 142 Å². The first-order valence-corrected chi connectivity index (χ1v) is 6.19. The van der Waals surface area contributed by atoms with Gasteiger partial charge in [0.25, 0.3) is 0 Å². The summed E-state index contributed by atoms with van der Waals surface area (Å²) in [6.45, 7) is 5.43. The molecule has 1 amide bonds. The second-order valence-electron chi connectivity index (χ2n) is 5.23. The molecule has 0 aliphatic carbocycles. The van der Waals surface area contributed by atoms with Crippen LogP contribution in [0.25, 0.3) is 10.4 Å². The van der Waals surface area contributed by atoms with E-state index in [9.17, 15) is 9.59 Å². The lowest BCUT2D eigenvalue weighted by Gasteiger charge is -2.24. The number of rotatable bonds is 7. The number of azide groups is 1. The molecule has 0 fully saturated rings. The predicted molar refractivity (Wildman–Crippen MR) is 71.5 cm³/mol. The number of carboxylic acid groups (broad SMARTS) is 1. The van der Waals surface area contributed by atoms with Gasteiger partial charge in [-0.05, 0) is 39.1 Å². The van der Waals surface area contributed by atoms with Crippen LogP contribution in [0.2, 0.25) is 0 Å². The maximum Gasteiger partial charge on any atom is 0.424 e. The minimum Gasteiger partial charge on any atom is -0.481 e. The molecule has 0 spiro atoms. The summed E-state index contributed by atoms with van der Waals surface area (Å²) in [6.07, 6.45) is 0.511. The van der Waals surface area contributed by atoms with Gasteiger partial charge >= 0.3 is 12.1 Å². The largest absolute Gasteiger partial charge is 0.481 e. The Morgan fingerprint density at radius 2 is 2.05 bits per heavy atom. The average molecular weight is 287 g/mol. The van der Waals surface area contributed by atoms with Crippen molar-refractivity contribution < 1.29 is 19.4 Å².